The van der Waals surface area contributed by atoms with Gasteiger partial charge in [0, 0.05) is 17.0 Å². The molecule has 0 spiro atoms. The molecule has 0 unspecified atom stereocenters. The number of allylic oxidation sites excluding steroid dienone is 1. The van der Waals surface area contributed by atoms with E-state index in [1.165, 1.54) is 0 Å². The van der Waals surface area contributed by atoms with E-state index in [-0.39, 0.29) is 6.79 Å². The number of benzene rings is 1. The predicted molar refractivity (Wildman–Crippen MR) is 108 cm³/mol. The molecule has 4 rings (SSSR count). The van der Waals surface area contributed by atoms with E-state index in [4.69, 9.17) is 13.9 Å². The van der Waals surface area contributed by atoms with Crippen molar-refractivity contribution in [3.8, 4) is 29.5 Å². The lowest BCUT2D eigenvalue weighted by Gasteiger charge is -2.07. The predicted octanol–water partition coefficient (Wildman–Crippen LogP) is 4.97. The minimum atomic E-state index is 0.189. The summed E-state index contributed by atoms with van der Waals surface area (Å²) in [7, 11) is 0. The molecule has 0 fully saturated rings. The van der Waals surface area contributed by atoms with E-state index >= 15 is 0 Å². The second-order valence-electron chi connectivity index (χ2n) is 6.97. The number of hydrogen-bond donors (Lipinski definition) is 0. The molecule has 3 aromatic rings. The minimum absolute atomic E-state index is 0.189. The highest BCUT2D eigenvalue weighted by Gasteiger charge is 2.21. The monoisotopic (exact) mass is 385 g/mol. The third kappa shape index (κ3) is 2.96. The van der Waals surface area contributed by atoms with Crippen molar-refractivity contribution in [2.24, 2.45) is 0 Å². The van der Waals surface area contributed by atoms with Crippen LogP contribution in [-0.2, 0) is 0 Å². The summed E-state index contributed by atoms with van der Waals surface area (Å²) in [4.78, 5) is 0. The van der Waals surface area contributed by atoms with Crippen LogP contribution < -0.4 is 9.47 Å². The number of aryl methyl sites for hydroxylation is 2. The molecule has 0 amide bonds. The Kier molecular flexibility index (Phi) is 4.41. The van der Waals surface area contributed by atoms with E-state index in [2.05, 4.69) is 12.1 Å². The lowest BCUT2D eigenvalue weighted by molar-refractivity contribution is 0.174. The number of nitriles is 2. The van der Waals surface area contributed by atoms with Crippen LogP contribution in [0.1, 0.15) is 39.4 Å². The molecule has 6 heteroatoms. The fourth-order valence-electron chi connectivity index (χ4n) is 3.54. The van der Waals surface area contributed by atoms with Crippen LogP contribution in [0.15, 0.2) is 28.7 Å². The van der Waals surface area contributed by atoms with Gasteiger partial charge in [0.25, 0.3) is 0 Å². The molecule has 6 nitrogen and oxygen atoms in total. The quantitative estimate of drug-likeness (QED) is 0.595. The number of hydrogen-bond acceptors (Lipinski definition) is 5. The first-order valence-electron chi connectivity index (χ1n) is 9.15. The SMILES string of the molecule is Cc1oc(-n2c(C)cc(/C=C(/C#N)c3ccc4c(c3)OCO4)c2C)c(C#N)c1C. The maximum absolute atomic E-state index is 9.74. The highest BCUT2D eigenvalue weighted by molar-refractivity contribution is 5.90. The molecular formula is C23H19N3O3. The van der Waals surface area contributed by atoms with Crippen molar-refractivity contribution in [1.82, 2.24) is 4.57 Å². The van der Waals surface area contributed by atoms with E-state index in [9.17, 15) is 10.5 Å². The summed E-state index contributed by atoms with van der Waals surface area (Å²) in [5.74, 6) is 2.55. The Balaban J connectivity index is 1.81. The summed E-state index contributed by atoms with van der Waals surface area (Å²) in [6, 6.07) is 11.9. The van der Waals surface area contributed by atoms with Crippen LogP contribution in [0.3, 0.4) is 0 Å². The summed E-state index contributed by atoms with van der Waals surface area (Å²) in [5.41, 5.74) is 5.32. The summed E-state index contributed by atoms with van der Waals surface area (Å²) in [6.07, 6.45) is 1.84. The van der Waals surface area contributed by atoms with E-state index in [0.717, 1.165) is 33.8 Å². The highest BCUT2D eigenvalue weighted by Crippen LogP contribution is 2.35. The molecule has 0 radical (unpaired) electrons. The van der Waals surface area contributed by atoms with Crippen molar-refractivity contribution in [2.45, 2.75) is 27.7 Å². The lowest BCUT2D eigenvalue weighted by atomic mass is 10.0. The molecule has 3 heterocycles. The molecule has 0 saturated heterocycles. The van der Waals surface area contributed by atoms with Gasteiger partial charge in [0.1, 0.15) is 17.4 Å². The topological polar surface area (TPSA) is 84.1 Å². The summed E-state index contributed by atoms with van der Waals surface area (Å²) in [5, 5.41) is 19.3. The van der Waals surface area contributed by atoms with E-state index in [1.54, 1.807) is 6.07 Å². The molecule has 144 valence electrons. The largest absolute Gasteiger partial charge is 0.454 e. The molecule has 0 bridgehead atoms. The van der Waals surface area contributed by atoms with Crippen molar-refractivity contribution in [3.63, 3.8) is 0 Å². The van der Waals surface area contributed by atoms with Crippen molar-refractivity contribution >= 4 is 11.6 Å². The molecule has 1 aromatic carbocycles. The Labute approximate surface area is 168 Å². The molecule has 1 aliphatic rings. The van der Waals surface area contributed by atoms with Gasteiger partial charge in [0.05, 0.1) is 11.6 Å². The maximum Gasteiger partial charge on any atom is 0.231 e. The van der Waals surface area contributed by atoms with Crippen LogP contribution in [0.5, 0.6) is 11.5 Å². The number of furan rings is 1. The van der Waals surface area contributed by atoms with Gasteiger partial charge in [-0.1, -0.05) is 0 Å². The van der Waals surface area contributed by atoms with Crippen molar-refractivity contribution < 1.29 is 13.9 Å². The van der Waals surface area contributed by atoms with Crippen LogP contribution in [0, 0.1) is 50.4 Å². The fourth-order valence-corrected chi connectivity index (χ4v) is 3.54. The highest BCUT2D eigenvalue weighted by atomic mass is 16.7. The van der Waals surface area contributed by atoms with E-state index in [1.807, 2.05) is 56.5 Å². The first-order chi connectivity index (χ1) is 13.9. The molecule has 1 aliphatic heterocycles. The molecule has 0 saturated carbocycles. The fraction of sp³-hybridized carbons (Fsp3) is 0.217. The minimum Gasteiger partial charge on any atom is -0.454 e. The van der Waals surface area contributed by atoms with Gasteiger partial charge in [-0.05, 0) is 69.2 Å². The van der Waals surface area contributed by atoms with Crippen LogP contribution in [0.4, 0.5) is 0 Å². The van der Waals surface area contributed by atoms with Crippen molar-refractivity contribution in [2.75, 3.05) is 6.79 Å². The first-order valence-corrected chi connectivity index (χ1v) is 9.15. The molecule has 2 aromatic heterocycles. The zero-order chi connectivity index (χ0) is 20.7. The number of rotatable bonds is 3. The van der Waals surface area contributed by atoms with Crippen LogP contribution >= 0.6 is 0 Å². The Morgan fingerprint density at radius 3 is 2.55 bits per heavy atom. The van der Waals surface area contributed by atoms with Crippen molar-refractivity contribution in [1.29, 1.82) is 10.5 Å². The average molecular weight is 385 g/mol. The number of ether oxygens (including phenoxy) is 2. The van der Waals surface area contributed by atoms with Crippen LogP contribution in [0.25, 0.3) is 17.5 Å². The van der Waals surface area contributed by atoms with Gasteiger partial charge in [-0.2, -0.15) is 10.5 Å². The second-order valence-corrected chi connectivity index (χ2v) is 6.97. The molecule has 0 N–H and O–H groups in total. The standard InChI is InChI=1S/C23H19N3O3/c1-13-7-18(15(3)26(13)23-20(11-25)14(2)16(4)29-23)8-19(10-24)17-5-6-21-22(9-17)28-12-27-21/h5-9H,12H2,1-4H3/b19-8-. The number of fused-ring (bicyclic) bond motifs is 1. The van der Waals surface area contributed by atoms with Gasteiger partial charge < -0.3 is 13.9 Å². The molecule has 0 aliphatic carbocycles. The van der Waals surface area contributed by atoms with E-state index < -0.39 is 0 Å². The Hall–Kier alpha value is -3.90. The maximum atomic E-state index is 9.74. The second kappa shape index (κ2) is 6.92. The van der Waals surface area contributed by atoms with Crippen LogP contribution in [0.2, 0.25) is 0 Å². The number of nitrogens with zero attached hydrogens (tertiary/aromatic N) is 3. The van der Waals surface area contributed by atoms with Gasteiger partial charge in [-0.25, -0.2) is 0 Å². The van der Waals surface area contributed by atoms with Gasteiger partial charge in [-0.15, -0.1) is 0 Å². The van der Waals surface area contributed by atoms with Gasteiger partial charge >= 0.3 is 0 Å². The summed E-state index contributed by atoms with van der Waals surface area (Å²) < 4.78 is 18.6. The summed E-state index contributed by atoms with van der Waals surface area (Å²) >= 11 is 0. The van der Waals surface area contributed by atoms with Crippen LogP contribution in [-0.4, -0.2) is 11.4 Å². The smallest absolute Gasteiger partial charge is 0.231 e. The normalized spacial score (nSPS) is 12.7. The third-order valence-electron chi connectivity index (χ3n) is 5.26. The zero-order valence-electron chi connectivity index (χ0n) is 16.7. The average Bonchev–Trinajstić information content (AvgIpc) is 3.36. The Bertz CT molecular complexity index is 1250. The Morgan fingerprint density at radius 1 is 1.07 bits per heavy atom. The van der Waals surface area contributed by atoms with E-state index in [0.29, 0.717) is 28.5 Å². The summed E-state index contributed by atoms with van der Waals surface area (Å²) in [6.45, 7) is 7.81. The van der Waals surface area contributed by atoms with Gasteiger partial charge in [0.15, 0.2) is 11.5 Å². The Morgan fingerprint density at radius 2 is 1.83 bits per heavy atom. The molecule has 29 heavy (non-hydrogen) atoms. The first kappa shape index (κ1) is 18.5. The zero-order valence-corrected chi connectivity index (χ0v) is 16.7. The lowest BCUT2D eigenvalue weighted by Crippen LogP contribution is -2.00. The molecule has 0 atom stereocenters. The van der Waals surface area contributed by atoms with Gasteiger partial charge in [-0.3, -0.25) is 4.57 Å². The van der Waals surface area contributed by atoms with Crippen molar-refractivity contribution in [3.05, 3.63) is 63.7 Å². The molecular weight excluding hydrogens is 366 g/mol. The number of aromatic nitrogens is 1. The van der Waals surface area contributed by atoms with Gasteiger partial charge in [0.2, 0.25) is 12.7 Å². The third-order valence-corrected chi connectivity index (χ3v) is 5.26.